The van der Waals surface area contributed by atoms with E-state index in [1.165, 1.54) is 32.1 Å². The van der Waals surface area contributed by atoms with Crippen LogP contribution in [0.3, 0.4) is 0 Å². The van der Waals surface area contributed by atoms with E-state index in [1.807, 2.05) is 0 Å². The molecule has 0 aromatic carbocycles. The molecule has 1 rings (SSSR count). The zero-order valence-corrected chi connectivity index (χ0v) is 16.9. The summed E-state index contributed by atoms with van der Waals surface area (Å²) in [5.41, 5.74) is 0. The second-order valence-corrected chi connectivity index (χ2v) is 8.51. The maximum absolute atomic E-state index is 12.5. The number of amides is 2. The maximum atomic E-state index is 12.5. The van der Waals surface area contributed by atoms with Crippen molar-refractivity contribution >= 4 is 11.8 Å². The van der Waals surface area contributed by atoms with Crippen molar-refractivity contribution in [1.82, 2.24) is 10.6 Å². The van der Waals surface area contributed by atoms with Gasteiger partial charge in [-0.25, -0.2) is 0 Å². The number of hydrogen-bond acceptors (Lipinski definition) is 2. The third-order valence-electron chi connectivity index (χ3n) is 5.28. The molecule has 146 valence electrons. The van der Waals surface area contributed by atoms with Crippen LogP contribution in [-0.4, -0.2) is 24.4 Å². The molecule has 1 saturated carbocycles. The first-order valence-electron chi connectivity index (χ1n) is 10.5. The molecule has 2 amide bonds. The summed E-state index contributed by atoms with van der Waals surface area (Å²) in [6.45, 7) is 8.71. The Morgan fingerprint density at radius 3 is 1.88 bits per heavy atom. The van der Waals surface area contributed by atoms with Crippen LogP contribution in [0.5, 0.6) is 0 Å². The highest BCUT2D eigenvalue weighted by atomic mass is 16.2. The lowest BCUT2D eigenvalue weighted by Gasteiger charge is -2.24. The molecule has 4 heteroatoms. The minimum atomic E-state index is -0.0624. The van der Waals surface area contributed by atoms with Gasteiger partial charge in [-0.2, -0.15) is 0 Å². The molecule has 1 aliphatic carbocycles. The summed E-state index contributed by atoms with van der Waals surface area (Å²) < 4.78 is 0. The molecular weight excluding hydrogens is 312 g/mol. The minimum absolute atomic E-state index is 0.0624. The van der Waals surface area contributed by atoms with Gasteiger partial charge < -0.3 is 10.6 Å². The van der Waals surface area contributed by atoms with Crippen molar-refractivity contribution in [2.45, 2.75) is 97.9 Å². The molecule has 0 bridgehead atoms. The van der Waals surface area contributed by atoms with Crippen LogP contribution in [0.2, 0.25) is 0 Å². The molecule has 0 saturated heterocycles. The Morgan fingerprint density at radius 2 is 1.40 bits per heavy atom. The lowest BCUT2D eigenvalue weighted by Crippen LogP contribution is -2.45. The van der Waals surface area contributed by atoms with Gasteiger partial charge >= 0.3 is 0 Å². The molecular formula is C21H40N2O2. The maximum Gasteiger partial charge on any atom is 0.239 e. The molecule has 0 aromatic heterocycles. The van der Waals surface area contributed by atoms with Gasteiger partial charge in [-0.1, -0.05) is 72.6 Å². The average Bonchev–Trinajstić information content (AvgIpc) is 2.56. The Balaban J connectivity index is 2.40. The average molecular weight is 353 g/mol. The van der Waals surface area contributed by atoms with Crippen molar-refractivity contribution < 1.29 is 9.59 Å². The molecule has 0 aromatic rings. The largest absolute Gasteiger partial charge is 0.352 e. The van der Waals surface area contributed by atoms with E-state index in [1.54, 1.807) is 0 Å². The highest BCUT2D eigenvalue weighted by Gasteiger charge is 2.21. The first-order valence-corrected chi connectivity index (χ1v) is 10.5. The van der Waals surface area contributed by atoms with E-state index >= 15 is 0 Å². The third-order valence-corrected chi connectivity index (χ3v) is 5.28. The fourth-order valence-electron chi connectivity index (χ4n) is 3.65. The fraction of sp³-hybridized carbons (Fsp3) is 0.905. The molecule has 25 heavy (non-hydrogen) atoms. The van der Waals surface area contributed by atoms with Crippen LogP contribution in [0.15, 0.2) is 0 Å². The van der Waals surface area contributed by atoms with Gasteiger partial charge in [0.1, 0.15) is 0 Å². The van der Waals surface area contributed by atoms with Gasteiger partial charge in [0.25, 0.3) is 0 Å². The number of rotatable bonds is 7. The van der Waals surface area contributed by atoms with Crippen LogP contribution < -0.4 is 10.6 Å². The van der Waals surface area contributed by atoms with E-state index in [9.17, 15) is 9.59 Å². The highest BCUT2D eigenvalue weighted by molar-refractivity contribution is 5.85. The molecule has 1 atom stereocenters. The fourth-order valence-corrected chi connectivity index (χ4v) is 3.65. The van der Waals surface area contributed by atoms with E-state index in [4.69, 9.17) is 0 Å². The van der Waals surface area contributed by atoms with E-state index < -0.39 is 0 Å². The topological polar surface area (TPSA) is 58.2 Å². The number of carbonyl (C=O) groups excluding carboxylic acids is 2. The van der Waals surface area contributed by atoms with Crippen molar-refractivity contribution in [3.05, 3.63) is 0 Å². The Bertz CT molecular complexity index is 383. The van der Waals surface area contributed by atoms with Crippen molar-refractivity contribution in [3.63, 3.8) is 0 Å². The van der Waals surface area contributed by atoms with Gasteiger partial charge in [0.05, 0.1) is 6.54 Å². The Kier molecular flexibility index (Phi) is 10.8. The van der Waals surface area contributed by atoms with Gasteiger partial charge in [0, 0.05) is 12.0 Å². The molecule has 0 aliphatic heterocycles. The van der Waals surface area contributed by atoms with Crippen LogP contribution in [0.25, 0.3) is 0 Å². The smallest absolute Gasteiger partial charge is 0.239 e. The quantitative estimate of drug-likeness (QED) is 0.712. The second kappa shape index (κ2) is 12.3. The molecule has 0 unspecified atom stereocenters. The summed E-state index contributed by atoms with van der Waals surface area (Å²) in [7, 11) is 0. The van der Waals surface area contributed by atoms with Gasteiger partial charge in [-0.15, -0.1) is 0 Å². The van der Waals surface area contributed by atoms with Crippen molar-refractivity contribution in [3.8, 4) is 0 Å². The van der Waals surface area contributed by atoms with E-state index in [-0.39, 0.29) is 30.3 Å². The van der Waals surface area contributed by atoms with Crippen LogP contribution >= 0.6 is 0 Å². The minimum Gasteiger partial charge on any atom is -0.352 e. The predicted molar refractivity (Wildman–Crippen MR) is 104 cm³/mol. The van der Waals surface area contributed by atoms with Crippen molar-refractivity contribution in [1.29, 1.82) is 0 Å². The standard InChI is InChI=1S/C21H40N2O2/c1-16(2)14-19(17(3)4)23-20(24)15-22-21(25)18-12-10-8-6-5-7-9-11-13-18/h16-19H,5-15H2,1-4H3,(H,22,25)(H,23,24)/t19-/m0/s1. The summed E-state index contributed by atoms with van der Waals surface area (Å²) >= 11 is 0. The lowest BCUT2D eigenvalue weighted by molar-refractivity contribution is -0.129. The van der Waals surface area contributed by atoms with Gasteiger partial charge in [0.2, 0.25) is 11.8 Å². The molecule has 0 radical (unpaired) electrons. The molecule has 0 heterocycles. The summed E-state index contributed by atoms with van der Waals surface area (Å²) in [5.74, 6) is 1.04. The number of carbonyl (C=O) groups is 2. The van der Waals surface area contributed by atoms with Crippen LogP contribution in [-0.2, 0) is 9.59 Å². The highest BCUT2D eigenvalue weighted by Crippen LogP contribution is 2.21. The Morgan fingerprint density at radius 1 is 0.880 bits per heavy atom. The van der Waals surface area contributed by atoms with E-state index in [0.29, 0.717) is 11.8 Å². The SMILES string of the molecule is CC(C)C[C@H](NC(=O)CNC(=O)C1CCCCCCCCC1)C(C)C. The van der Waals surface area contributed by atoms with Crippen LogP contribution in [0.1, 0.15) is 91.9 Å². The normalized spacial score (nSPS) is 18.8. The zero-order valence-electron chi connectivity index (χ0n) is 16.9. The predicted octanol–water partition coefficient (Wildman–Crippen LogP) is 4.43. The molecule has 1 aliphatic rings. The summed E-state index contributed by atoms with van der Waals surface area (Å²) in [6, 6.07) is 0.179. The van der Waals surface area contributed by atoms with Gasteiger partial charge in [-0.05, 0) is 31.1 Å². The molecule has 4 nitrogen and oxygen atoms in total. The number of hydrogen-bond donors (Lipinski definition) is 2. The van der Waals surface area contributed by atoms with Crippen LogP contribution in [0.4, 0.5) is 0 Å². The van der Waals surface area contributed by atoms with Crippen molar-refractivity contribution in [2.75, 3.05) is 6.54 Å². The summed E-state index contributed by atoms with van der Waals surface area (Å²) in [4.78, 5) is 24.7. The molecule has 0 spiro atoms. The zero-order chi connectivity index (χ0) is 18.7. The second-order valence-electron chi connectivity index (χ2n) is 8.51. The van der Waals surface area contributed by atoms with E-state index in [0.717, 1.165) is 32.1 Å². The molecule has 2 N–H and O–H groups in total. The Hall–Kier alpha value is -1.06. The Labute approximate surface area is 154 Å². The molecule has 1 fully saturated rings. The lowest BCUT2D eigenvalue weighted by atomic mass is 9.91. The van der Waals surface area contributed by atoms with E-state index in [2.05, 4.69) is 38.3 Å². The summed E-state index contributed by atoms with van der Waals surface area (Å²) in [5, 5.41) is 5.98. The number of nitrogens with one attached hydrogen (secondary N) is 2. The van der Waals surface area contributed by atoms with Crippen LogP contribution in [0, 0.1) is 17.8 Å². The first kappa shape index (κ1) is 22.0. The first-order chi connectivity index (χ1) is 11.9. The van der Waals surface area contributed by atoms with Gasteiger partial charge in [-0.3, -0.25) is 9.59 Å². The monoisotopic (exact) mass is 352 g/mol. The van der Waals surface area contributed by atoms with Gasteiger partial charge in [0.15, 0.2) is 0 Å². The van der Waals surface area contributed by atoms with Crippen molar-refractivity contribution in [2.24, 2.45) is 17.8 Å². The summed E-state index contributed by atoms with van der Waals surface area (Å²) in [6.07, 6.45) is 11.6. The third kappa shape index (κ3) is 9.86.